The Balaban J connectivity index is 1.37. The largest absolute Gasteiger partial charge is 0.504 e. The number of carbonyl (C=O) groups is 4. The quantitative estimate of drug-likeness (QED) is 0.160. The number of alkyl halides is 6. The standard InChI is InChI=1S/C37H28ClF7N2O6/c1-3-53-28-10-16(4-9-27(28)48)30-21-6-7-22-29(33(51)46(31(22)49)20-12-17(36(40,41)42)11-18(13-20)37(43,44)45)23(21)15-24-32(50)47(34(52)35(24,30)2)19-5-8-26(39)25(38)14-19/h4-6,8-14,22-24,29-30,48H,3,7,15H2,1-2H3. The predicted molar refractivity (Wildman–Crippen MR) is 174 cm³/mol. The first-order valence-corrected chi connectivity index (χ1v) is 16.8. The van der Waals surface area contributed by atoms with Gasteiger partial charge in [0, 0.05) is 5.92 Å². The van der Waals surface area contributed by atoms with Crippen molar-refractivity contribution in [1.82, 2.24) is 0 Å². The summed E-state index contributed by atoms with van der Waals surface area (Å²) < 4.78 is 102. The molecule has 0 spiro atoms. The maximum absolute atomic E-state index is 14.6. The van der Waals surface area contributed by atoms with Crippen LogP contribution in [0.4, 0.5) is 42.1 Å². The summed E-state index contributed by atoms with van der Waals surface area (Å²) in [5.41, 5.74) is -5.10. The number of nitrogens with zero attached hydrogens (tertiary/aromatic N) is 2. The Hall–Kier alpha value is -4.92. The van der Waals surface area contributed by atoms with Gasteiger partial charge < -0.3 is 9.84 Å². The monoisotopic (exact) mass is 764 g/mol. The fourth-order valence-electron chi connectivity index (χ4n) is 8.57. The van der Waals surface area contributed by atoms with Gasteiger partial charge in [0.15, 0.2) is 11.5 Å². The fourth-order valence-corrected chi connectivity index (χ4v) is 8.74. The van der Waals surface area contributed by atoms with Gasteiger partial charge in [-0.05, 0) is 86.7 Å². The summed E-state index contributed by atoms with van der Waals surface area (Å²) in [6.45, 7) is 3.37. The molecule has 278 valence electrons. The molecule has 0 radical (unpaired) electrons. The topological polar surface area (TPSA) is 104 Å². The molecule has 1 saturated carbocycles. The molecule has 2 saturated heterocycles. The lowest BCUT2D eigenvalue weighted by atomic mass is 9.51. The second-order valence-electron chi connectivity index (χ2n) is 13.7. The third-order valence-electron chi connectivity index (χ3n) is 10.9. The number of aromatic hydroxyl groups is 1. The second kappa shape index (κ2) is 12.3. The number of rotatable bonds is 5. The van der Waals surface area contributed by atoms with Crippen molar-refractivity contribution in [3.05, 3.63) is 93.8 Å². The summed E-state index contributed by atoms with van der Waals surface area (Å²) in [4.78, 5) is 58.2. The van der Waals surface area contributed by atoms with E-state index in [1.807, 2.05) is 0 Å². The lowest BCUT2D eigenvalue weighted by molar-refractivity contribution is -0.143. The number of carbonyl (C=O) groups excluding carboxylic acids is 4. The van der Waals surface area contributed by atoms with Crippen molar-refractivity contribution < 1.29 is 59.8 Å². The molecule has 0 aromatic heterocycles. The Labute approximate surface area is 301 Å². The van der Waals surface area contributed by atoms with Crippen molar-refractivity contribution in [1.29, 1.82) is 0 Å². The molecule has 16 heteroatoms. The molecule has 0 bridgehead atoms. The minimum absolute atomic E-state index is 0.0281. The Bertz CT molecular complexity index is 2100. The van der Waals surface area contributed by atoms with Crippen molar-refractivity contribution in [3.63, 3.8) is 0 Å². The molecule has 4 aliphatic rings. The number of anilines is 2. The Morgan fingerprint density at radius 1 is 0.849 bits per heavy atom. The van der Waals surface area contributed by atoms with Gasteiger partial charge in [0.05, 0.1) is 57.3 Å². The third-order valence-corrected chi connectivity index (χ3v) is 11.2. The van der Waals surface area contributed by atoms with Crippen LogP contribution in [0.25, 0.3) is 0 Å². The van der Waals surface area contributed by atoms with E-state index in [4.69, 9.17) is 16.3 Å². The van der Waals surface area contributed by atoms with Gasteiger partial charge in [0.1, 0.15) is 5.82 Å². The molecular formula is C37H28ClF7N2O6. The first-order valence-electron chi connectivity index (χ1n) is 16.4. The number of imide groups is 2. The van der Waals surface area contributed by atoms with Gasteiger partial charge in [0.25, 0.3) is 0 Å². The van der Waals surface area contributed by atoms with E-state index in [1.165, 1.54) is 24.3 Å². The van der Waals surface area contributed by atoms with E-state index < -0.39 is 93.6 Å². The van der Waals surface area contributed by atoms with Crippen molar-refractivity contribution >= 4 is 46.6 Å². The zero-order valence-corrected chi connectivity index (χ0v) is 28.4. The highest BCUT2D eigenvalue weighted by molar-refractivity contribution is 6.32. The molecule has 3 aromatic rings. The van der Waals surface area contributed by atoms with E-state index in [9.17, 15) is 55.0 Å². The maximum atomic E-state index is 14.6. The summed E-state index contributed by atoms with van der Waals surface area (Å²) in [5.74, 6) is -10.2. The molecule has 53 heavy (non-hydrogen) atoms. The number of ether oxygens (including phenoxy) is 1. The molecule has 3 fully saturated rings. The Kier molecular flexibility index (Phi) is 8.47. The molecule has 4 amide bonds. The molecule has 1 N–H and O–H groups in total. The first-order chi connectivity index (χ1) is 24.8. The number of phenolic OH excluding ortho intramolecular Hbond substituents is 1. The number of phenols is 1. The lowest BCUT2D eigenvalue weighted by Gasteiger charge is -2.49. The van der Waals surface area contributed by atoms with Gasteiger partial charge in [-0.1, -0.05) is 29.3 Å². The van der Waals surface area contributed by atoms with Gasteiger partial charge in [-0.25, -0.2) is 14.2 Å². The zero-order chi connectivity index (χ0) is 38.5. The lowest BCUT2D eigenvalue weighted by Crippen LogP contribution is -2.48. The number of fused-ring (bicyclic) bond motifs is 4. The van der Waals surface area contributed by atoms with Crippen LogP contribution in [0.2, 0.25) is 5.02 Å². The molecule has 6 atom stereocenters. The second-order valence-corrected chi connectivity index (χ2v) is 14.1. The number of benzene rings is 3. The van der Waals surface area contributed by atoms with Crippen LogP contribution in [0.1, 0.15) is 49.3 Å². The number of hydrogen-bond acceptors (Lipinski definition) is 6. The summed E-state index contributed by atoms with van der Waals surface area (Å²) in [5, 5.41) is 10.1. The minimum Gasteiger partial charge on any atom is -0.504 e. The highest BCUT2D eigenvalue weighted by atomic mass is 35.5. The first kappa shape index (κ1) is 36.4. The van der Waals surface area contributed by atoms with Gasteiger partial charge in [0.2, 0.25) is 23.6 Å². The molecule has 3 aromatic carbocycles. The van der Waals surface area contributed by atoms with Crippen molar-refractivity contribution in [2.24, 2.45) is 29.1 Å². The Morgan fingerprint density at radius 3 is 2.11 bits per heavy atom. The van der Waals surface area contributed by atoms with E-state index in [-0.39, 0.29) is 47.7 Å². The van der Waals surface area contributed by atoms with Crippen LogP contribution in [0.5, 0.6) is 11.5 Å². The van der Waals surface area contributed by atoms with E-state index in [1.54, 1.807) is 19.9 Å². The highest BCUT2D eigenvalue weighted by Gasteiger charge is 2.68. The minimum atomic E-state index is -5.25. The SMILES string of the molecule is CCOc1cc(C2C3=CCC4C(=O)N(c5cc(C(F)(F)F)cc(C(F)(F)F)c5)C(=O)C4C3CC3C(=O)N(c4ccc(F)c(Cl)c4)C(=O)C32C)ccc1O. The maximum Gasteiger partial charge on any atom is 0.416 e. The summed E-state index contributed by atoms with van der Waals surface area (Å²) in [7, 11) is 0. The number of halogens is 8. The van der Waals surface area contributed by atoms with Crippen LogP contribution in [-0.4, -0.2) is 35.3 Å². The van der Waals surface area contributed by atoms with Crippen LogP contribution in [0.15, 0.2) is 66.2 Å². The van der Waals surface area contributed by atoms with Gasteiger partial charge in [-0.2, -0.15) is 26.3 Å². The van der Waals surface area contributed by atoms with Crippen LogP contribution in [0, 0.1) is 34.9 Å². The van der Waals surface area contributed by atoms with E-state index >= 15 is 0 Å². The molecular weight excluding hydrogens is 737 g/mol. The van der Waals surface area contributed by atoms with E-state index in [0.717, 1.165) is 17.0 Å². The molecule has 7 rings (SSSR count). The van der Waals surface area contributed by atoms with Crippen LogP contribution < -0.4 is 14.5 Å². The molecule has 2 aliphatic heterocycles. The van der Waals surface area contributed by atoms with Gasteiger partial charge in [-0.15, -0.1) is 0 Å². The summed E-state index contributed by atoms with van der Waals surface area (Å²) in [6.07, 6.45) is -9.22. The third kappa shape index (κ3) is 5.57. The molecule has 2 aliphatic carbocycles. The van der Waals surface area contributed by atoms with Crippen LogP contribution in [0.3, 0.4) is 0 Å². The van der Waals surface area contributed by atoms with Crippen molar-refractivity contribution in [3.8, 4) is 11.5 Å². The van der Waals surface area contributed by atoms with E-state index in [0.29, 0.717) is 28.2 Å². The Morgan fingerprint density at radius 2 is 1.51 bits per heavy atom. The molecule has 2 heterocycles. The normalized spacial score (nSPS) is 27.1. The molecule has 6 unspecified atom stereocenters. The summed E-state index contributed by atoms with van der Waals surface area (Å²) in [6, 6.07) is 8.12. The average Bonchev–Trinajstić information content (AvgIpc) is 3.45. The van der Waals surface area contributed by atoms with Crippen molar-refractivity contribution in [2.45, 2.75) is 45.0 Å². The number of amides is 4. The number of hydrogen-bond donors (Lipinski definition) is 1. The van der Waals surface area contributed by atoms with Gasteiger partial charge in [-0.3, -0.25) is 19.2 Å². The zero-order valence-electron chi connectivity index (χ0n) is 27.7. The molecule has 8 nitrogen and oxygen atoms in total. The van der Waals surface area contributed by atoms with Gasteiger partial charge >= 0.3 is 12.4 Å². The smallest absolute Gasteiger partial charge is 0.416 e. The fraction of sp³-hybridized carbons (Fsp3) is 0.351. The summed E-state index contributed by atoms with van der Waals surface area (Å²) >= 11 is 6.02. The highest BCUT2D eigenvalue weighted by Crippen LogP contribution is 2.64. The van der Waals surface area contributed by atoms with Crippen molar-refractivity contribution in [2.75, 3.05) is 16.4 Å². The predicted octanol–water partition coefficient (Wildman–Crippen LogP) is 8.06. The van der Waals surface area contributed by atoms with Crippen LogP contribution in [-0.2, 0) is 31.5 Å². The van der Waals surface area contributed by atoms with Crippen LogP contribution >= 0.6 is 11.6 Å². The average molecular weight is 765 g/mol. The van der Waals surface area contributed by atoms with E-state index in [2.05, 4.69) is 0 Å². The number of allylic oxidation sites excluding steroid dienone is 2.